The van der Waals surface area contributed by atoms with Gasteiger partial charge in [0.25, 0.3) is 0 Å². The predicted molar refractivity (Wildman–Crippen MR) is 81.0 cm³/mol. The lowest BCUT2D eigenvalue weighted by atomic mass is 10.1. The zero-order chi connectivity index (χ0) is 14.8. The topological polar surface area (TPSA) is 80.5 Å². The monoisotopic (exact) mass is 291 g/mol. The third-order valence-electron chi connectivity index (χ3n) is 3.54. The second-order valence-corrected chi connectivity index (χ2v) is 4.96. The van der Waals surface area contributed by atoms with Crippen LogP contribution in [0.2, 0.25) is 0 Å². The average Bonchev–Trinajstić information content (AvgIpc) is 3.21. The smallest absolute Gasteiger partial charge is 0.227 e. The quantitative estimate of drug-likeness (QED) is 0.625. The maximum absolute atomic E-state index is 5.29. The van der Waals surface area contributed by atoms with Crippen LogP contribution in [0.4, 0.5) is 0 Å². The van der Waals surface area contributed by atoms with Crippen molar-refractivity contribution in [3.8, 4) is 11.5 Å². The molecule has 0 fully saturated rings. The summed E-state index contributed by atoms with van der Waals surface area (Å²) in [6, 6.07) is 8.24. The molecule has 0 saturated heterocycles. The number of hydrogen-bond donors (Lipinski definition) is 1. The van der Waals surface area contributed by atoms with Crippen LogP contribution >= 0.6 is 0 Å². The standard InChI is InChI=1S/C16H13N5O/c1-2-4-13-12(3-1)11(9-19-13)5-6-15-20-16(21-22-15)14-10-17-7-8-18-14/h1-4,7-10,19H,5-6H2. The molecule has 6 heteroatoms. The zero-order valence-corrected chi connectivity index (χ0v) is 11.7. The van der Waals surface area contributed by atoms with E-state index in [9.17, 15) is 0 Å². The van der Waals surface area contributed by atoms with Crippen LogP contribution in [0.5, 0.6) is 0 Å². The van der Waals surface area contributed by atoms with Crippen molar-refractivity contribution in [2.24, 2.45) is 0 Å². The predicted octanol–water partition coefficient (Wildman–Crippen LogP) is 2.79. The van der Waals surface area contributed by atoms with Crippen molar-refractivity contribution < 1.29 is 4.52 Å². The molecule has 3 aromatic heterocycles. The first-order valence-electron chi connectivity index (χ1n) is 7.04. The molecular weight excluding hydrogens is 278 g/mol. The van der Waals surface area contributed by atoms with Gasteiger partial charge in [0.2, 0.25) is 11.7 Å². The van der Waals surface area contributed by atoms with Gasteiger partial charge >= 0.3 is 0 Å². The summed E-state index contributed by atoms with van der Waals surface area (Å²) in [6.45, 7) is 0. The maximum Gasteiger partial charge on any atom is 0.227 e. The number of benzene rings is 1. The molecule has 1 aromatic carbocycles. The molecular formula is C16H13N5O. The molecule has 3 heterocycles. The molecule has 0 radical (unpaired) electrons. The van der Waals surface area contributed by atoms with Crippen molar-refractivity contribution >= 4 is 10.9 Å². The molecule has 0 saturated carbocycles. The van der Waals surface area contributed by atoms with Crippen LogP contribution in [0.3, 0.4) is 0 Å². The first-order chi connectivity index (χ1) is 10.9. The lowest BCUT2D eigenvalue weighted by Gasteiger charge is -1.95. The van der Waals surface area contributed by atoms with Crippen molar-refractivity contribution in [1.82, 2.24) is 25.1 Å². The van der Waals surface area contributed by atoms with Gasteiger partial charge in [-0.2, -0.15) is 4.98 Å². The Balaban J connectivity index is 1.52. The highest BCUT2D eigenvalue weighted by Crippen LogP contribution is 2.19. The Kier molecular flexibility index (Phi) is 3.12. The summed E-state index contributed by atoms with van der Waals surface area (Å²) in [5.74, 6) is 1.08. The van der Waals surface area contributed by atoms with E-state index in [1.807, 2.05) is 18.3 Å². The Labute approximate surface area is 126 Å². The Bertz CT molecular complexity index is 897. The van der Waals surface area contributed by atoms with Gasteiger partial charge in [0.05, 0.1) is 6.20 Å². The molecule has 0 aliphatic carbocycles. The van der Waals surface area contributed by atoms with Crippen molar-refractivity contribution in [2.75, 3.05) is 0 Å². The second-order valence-electron chi connectivity index (χ2n) is 4.96. The van der Waals surface area contributed by atoms with Gasteiger partial charge in [0, 0.05) is 35.9 Å². The second kappa shape index (κ2) is 5.40. The number of aromatic nitrogens is 5. The molecule has 22 heavy (non-hydrogen) atoms. The van der Waals surface area contributed by atoms with E-state index in [0.29, 0.717) is 23.8 Å². The Morgan fingerprint density at radius 3 is 2.95 bits per heavy atom. The summed E-state index contributed by atoms with van der Waals surface area (Å²) in [6.07, 6.45) is 8.40. The number of H-pyrrole nitrogens is 1. The molecule has 0 amide bonds. The lowest BCUT2D eigenvalue weighted by Crippen LogP contribution is -1.91. The van der Waals surface area contributed by atoms with E-state index in [0.717, 1.165) is 11.9 Å². The van der Waals surface area contributed by atoms with Gasteiger partial charge < -0.3 is 9.51 Å². The summed E-state index contributed by atoms with van der Waals surface area (Å²) in [4.78, 5) is 15.8. The third-order valence-corrected chi connectivity index (χ3v) is 3.54. The first kappa shape index (κ1) is 12.7. The Morgan fingerprint density at radius 1 is 1.09 bits per heavy atom. The zero-order valence-electron chi connectivity index (χ0n) is 11.7. The highest BCUT2D eigenvalue weighted by Gasteiger charge is 2.11. The van der Waals surface area contributed by atoms with Gasteiger partial charge in [0.15, 0.2) is 0 Å². The Hall–Kier alpha value is -3.02. The van der Waals surface area contributed by atoms with Crippen molar-refractivity contribution in [3.05, 3.63) is 60.5 Å². The van der Waals surface area contributed by atoms with Crippen LogP contribution in [0.1, 0.15) is 11.5 Å². The lowest BCUT2D eigenvalue weighted by molar-refractivity contribution is 0.379. The van der Waals surface area contributed by atoms with Gasteiger partial charge in [-0.25, -0.2) is 4.98 Å². The molecule has 0 aliphatic heterocycles. The fourth-order valence-corrected chi connectivity index (χ4v) is 2.46. The minimum absolute atomic E-state index is 0.474. The van der Waals surface area contributed by atoms with E-state index in [4.69, 9.17) is 4.52 Å². The maximum atomic E-state index is 5.29. The molecule has 0 aliphatic rings. The number of fused-ring (bicyclic) bond motifs is 1. The molecule has 4 aromatic rings. The van der Waals surface area contributed by atoms with E-state index in [-0.39, 0.29) is 0 Å². The van der Waals surface area contributed by atoms with Crippen LogP contribution in [-0.2, 0) is 12.8 Å². The van der Waals surface area contributed by atoms with Crippen molar-refractivity contribution in [2.45, 2.75) is 12.8 Å². The van der Waals surface area contributed by atoms with Crippen LogP contribution < -0.4 is 0 Å². The molecule has 0 bridgehead atoms. The molecule has 4 rings (SSSR count). The summed E-state index contributed by atoms with van der Waals surface area (Å²) >= 11 is 0. The molecule has 1 N–H and O–H groups in total. The number of aryl methyl sites for hydroxylation is 2. The van der Waals surface area contributed by atoms with Crippen LogP contribution in [0.15, 0.2) is 53.6 Å². The van der Waals surface area contributed by atoms with Gasteiger partial charge in [-0.05, 0) is 18.1 Å². The average molecular weight is 291 g/mol. The number of hydrogen-bond acceptors (Lipinski definition) is 5. The first-order valence-corrected chi connectivity index (χ1v) is 7.04. The number of nitrogens with zero attached hydrogens (tertiary/aromatic N) is 4. The molecule has 6 nitrogen and oxygen atoms in total. The fraction of sp³-hybridized carbons (Fsp3) is 0.125. The van der Waals surface area contributed by atoms with Crippen molar-refractivity contribution in [1.29, 1.82) is 0 Å². The fourth-order valence-electron chi connectivity index (χ4n) is 2.46. The molecule has 0 atom stereocenters. The largest absolute Gasteiger partial charge is 0.361 e. The summed E-state index contributed by atoms with van der Waals surface area (Å²) < 4.78 is 5.29. The summed E-state index contributed by atoms with van der Waals surface area (Å²) in [5.41, 5.74) is 3.00. The minimum atomic E-state index is 0.474. The van der Waals surface area contributed by atoms with E-state index in [2.05, 4.69) is 37.2 Å². The van der Waals surface area contributed by atoms with Gasteiger partial charge in [-0.3, -0.25) is 4.98 Å². The summed E-state index contributed by atoms with van der Waals surface area (Å²) in [5, 5.41) is 5.18. The molecule has 0 unspecified atom stereocenters. The third kappa shape index (κ3) is 2.35. The normalized spacial score (nSPS) is 11.1. The van der Waals surface area contributed by atoms with E-state index in [1.165, 1.54) is 10.9 Å². The van der Waals surface area contributed by atoms with Crippen LogP contribution in [0, 0.1) is 0 Å². The van der Waals surface area contributed by atoms with Crippen LogP contribution in [0.25, 0.3) is 22.4 Å². The number of nitrogens with one attached hydrogen (secondary N) is 1. The highest BCUT2D eigenvalue weighted by molar-refractivity contribution is 5.83. The van der Waals surface area contributed by atoms with E-state index >= 15 is 0 Å². The van der Waals surface area contributed by atoms with Gasteiger partial charge in [0.1, 0.15) is 5.69 Å². The minimum Gasteiger partial charge on any atom is -0.361 e. The van der Waals surface area contributed by atoms with Gasteiger partial charge in [-0.1, -0.05) is 23.4 Å². The van der Waals surface area contributed by atoms with E-state index < -0.39 is 0 Å². The molecule has 108 valence electrons. The van der Waals surface area contributed by atoms with Gasteiger partial charge in [-0.15, -0.1) is 0 Å². The van der Waals surface area contributed by atoms with E-state index in [1.54, 1.807) is 18.6 Å². The number of para-hydroxylation sites is 1. The molecule has 0 spiro atoms. The van der Waals surface area contributed by atoms with Crippen molar-refractivity contribution in [3.63, 3.8) is 0 Å². The summed E-state index contributed by atoms with van der Waals surface area (Å²) in [7, 11) is 0. The number of rotatable bonds is 4. The number of aromatic amines is 1. The SMILES string of the molecule is c1ccc2c(CCc3nc(-c4cnccn4)no3)c[nH]c2c1. The Morgan fingerprint density at radius 2 is 2.05 bits per heavy atom. The highest BCUT2D eigenvalue weighted by atomic mass is 16.5. The van der Waals surface area contributed by atoms with Crippen LogP contribution in [-0.4, -0.2) is 25.1 Å².